The summed E-state index contributed by atoms with van der Waals surface area (Å²) in [4.78, 5) is 2.51. The van der Waals surface area contributed by atoms with E-state index in [0.717, 1.165) is 26.1 Å². The minimum Gasteiger partial charge on any atom is -0.383 e. The zero-order valence-corrected chi connectivity index (χ0v) is 11.8. The summed E-state index contributed by atoms with van der Waals surface area (Å²) >= 11 is 3.59. The fourth-order valence-corrected chi connectivity index (χ4v) is 2.47. The first kappa shape index (κ1) is 13.2. The Morgan fingerprint density at radius 2 is 2.20 bits per heavy atom. The molecule has 1 aliphatic rings. The van der Waals surface area contributed by atoms with Gasteiger partial charge < -0.3 is 4.74 Å². The molecule has 0 saturated carbocycles. The maximum atomic E-state index is 5.28. The van der Waals surface area contributed by atoms with Gasteiger partial charge in [-0.1, -0.05) is 42.8 Å². The van der Waals surface area contributed by atoms with Gasteiger partial charge in [-0.25, -0.2) is 0 Å². The average molecular weight is 276 g/mol. The Labute approximate surface area is 102 Å². The van der Waals surface area contributed by atoms with E-state index < -0.39 is 0 Å². The standard InChI is InChI=1S/C12H22BrNO/c1-12(2,3)9-14-7-10(13)5-6-11(14)8-15-4/h5,11H,6-9H2,1-4H3/t11-/m1/s1. The molecule has 15 heavy (non-hydrogen) atoms. The first-order chi connectivity index (χ1) is 6.92. The van der Waals surface area contributed by atoms with Crippen molar-refractivity contribution < 1.29 is 4.74 Å². The molecule has 0 radical (unpaired) electrons. The van der Waals surface area contributed by atoms with Crippen LogP contribution in [0.5, 0.6) is 0 Å². The van der Waals surface area contributed by atoms with Gasteiger partial charge in [0.15, 0.2) is 0 Å². The molecule has 1 rings (SSSR count). The summed E-state index contributed by atoms with van der Waals surface area (Å²) in [6.07, 6.45) is 3.35. The van der Waals surface area contributed by atoms with Gasteiger partial charge >= 0.3 is 0 Å². The molecule has 88 valence electrons. The monoisotopic (exact) mass is 275 g/mol. The molecule has 1 aliphatic heterocycles. The molecular formula is C12H22BrNO. The van der Waals surface area contributed by atoms with Crippen LogP contribution in [-0.2, 0) is 4.74 Å². The van der Waals surface area contributed by atoms with Gasteiger partial charge in [0.2, 0.25) is 0 Å². The third kappa shape index (κ3) is 4.66. The number of ether oxygens (including phenoxy) is 1. The summed E-state index contributed by atoms with van der Waals surface area (Å²) < 4.78 is 6.58. The van der Waals surface area contributed by atoms with Gasteiger partial charge in [-0.2, -0.15) is 0 Å². The molecule has 0 aliphatic carbocycles. The van der Waals surface area contributed by atoms with E-state index in [2.05, 4.69) is 47.7 Å². The van der Waals surface area contributed by atoms with Crippen LogP contribution in [-0.4, -0.2) is 37.7 Å². The fourth-order valence-electron chi connectivity index (χ4n) is 1.96. The molecule has 0 spiro atoms. The molecule has 0 aromatic heterocycles. The average Bonchev–Trinajstić information content (AvgIpc) is 2.07. The molecule has 1 heterocycles. The van der Waals surface area contributed by atoms with Crippen LogP contribution in [0.15, 0.2) is 10.6 Å². The van der Waals surface area contributed by atoms with Crippen LogP contribution in [0.2, 0.25) is 0 Å². The molecule has 0 N–H and O–H groups in total. The SMILES string of the molecule is COC[C@H]1CC=C(Br)CN1CC(C)(C)C. The molecule has 0 amide bonds. The lowest BCUT2D eigenvalue weighted by Crippen LogP contribution is -2.45. The smallest absolute Gasteiger partial charge is 0.0621 e. The van der Waals surface area contributed by atoms with Crippen molar-refractivity contribution in [3.8, 4) is 0 Å². The minimum atomic E-state index is 0.344. The van der Waals surface area contributed by atoms with Crippen LogP contribution in [0.4, 0.5) is 0 Å². The summed E-state index contributed by atoms with van der Waals surface area (Å²) in [5.74, 6) is 0. The molecule has 0 unspecified atom stereocenters. The lowest BCUT2D eigenvalue weighted by molar-refractivity contribution is 0.0718. The van der Waals surface area contributed by atoms with Gasteiger partial charge in [0, 0.05) is 30.7 Å². The largest absolute Gasteiger partial charge is 0.383 e. The summed E-state index contributed by atoms with van der Waals surface area (Å²) in [6.45, 7) is 9.80. The number of hydrogen-bond acceptors (Lipinski definition) is 2. The molecular weight excluding hydrogens is 254 g/mol. The first-order valence-electron chi connectivity index (χ1n) is 5.50. The van der Waals surface area contributed by atoms with Crippen molar-refractivity contribution >= 4 is 15.9 Å². The van der Waals surface area contributed by atoms with Crippen molar-refractivity contribution in [1.82, 2.24) is 4.90 Å². The Kier molecular flexibility index (Phi) is 4.81. The number of halogens is 1. The highest BCUT2D eigenvalue weighted by atomic mass is 79.9. The van der Waals surface area contributed by atoms with E-state index in [4.69, 9.17) is 4.74 Å². The van der Waals surface area contributed by atoms with E-state index in [0.29, 0.717) is 11.5 Å². The number of nitrogens with zero attached hydrogens (tertiary/aromatic N) is 1. The Bertz CT molecular complexity index is 232. The van der Waals surface area contributed by atoms with E-state index in [1.165, 1.54) is 4.48 Å². The highest BCUT2D eigenvalue weighted by molar-refractivity contribution is 9.11. The number of hydrogen-bond donors (Lipinski definition) is 0. The molecule has 1 atom stereocenters. The zero-order valence-electron chi connectivity index (χ0n) is 10.2. The topological polar surface area (TPSA) is 12.5 Å². The third-order valence-corrected chi connectivity index (χ3v) is 3.09. The lowest BCUT2D eigenvalue weighted by Gasteiger charge is -2.38. The van der Waals surface area contributed by atoms with Crippen molar-refractivity contribution in [3.05, 3.63) is 10.6 Å². The second kappa shape index (κ2) is 5.46. The van der Waals surface area contributed by atoms with Gasteiger partial charge in [0.05, 0.1) is 6.61 Å². The maximum absolute atomic E-state index is 5.28. The minimum absolute atomic E-state index is 0.344. The van der Waals surface area contributed by atoms with Crippen molar-refractivity contribution in [2.24, 2.45) is 5.41 Å². The Balaban J connectivity index is 2.61. The summed E-state index contributed by atoms with van der Waals surface area (Å²) in [5.41, 5.74) is 0.344. The van der Waals surface area contributed by atoms with Crippen LogP contribution >= 0.6 is 15.9 Å². The van der Waals surface area contributed by atoms with E-state index in [-0.39, 0.29) is 0 Å². The van der Waals surface area contributed by atoms with Gasteiger partial charge in [0.25, 0.3) is 0 Å². The zero-order chi connectivity index (χ0) is 11.5. The summed E-state index contributed by atoms with van der Waals surface area (Å²) in [6, 6.07) is 0.538. The molecule has 0 aromatic rings. The van der Waals surface area contributed by atoms with Crippen LogP contribution in [0.1, 0.15) is 27.2 Å². The van der Waals surface area contributed by atoms with Crippen LogP contribution < -0.4 is 0 Å². The van der Waals surface area contributed by atoms with Crippen LogP contribution in [0, 0.1) is 5.41 Å². The third-order valence-electron chi connectivity index (χ3n) is 2.52. The van der Waals surface area contributed by atoms with Crippen molar-refractivity contribution in [2.45, 2.75) is 33.2 Å². The van der Waals surface area contributed by atoms with Crippen molar-refractivity contribution in [1.29, 1.82) is 0 Å². The molecule has 0 saturated heterocycles. The molecule has 3 heteroatoms. The van der Waals surface area contributed by atoms with Crippen molar-refractivity contribution in [2.75, 3.05) is 26.8 Å². The summed E-state index contributed by atoms with van der Waals surface area (Å²) in [5, 5.41) is 0. The number of methoxy groups -OCH3 is 1. The predicted octanol–water partition coefficient (Wildman–Crippen LogP) is 3.03. The predicted molar refractivity (Wildman–Crippen MR) is 68.3 cm³/mol. The fraction of sp³-hybridized carbons (Fsp3) is 0.833. The van der Waals surface area contributed by atoms with E-state index >= 15 is 0 Å². The van der Waals surface area contributed by atoms with E-state index in [9.17, 15) is 0 Å². The maximum Gasteiger partial charge on any atom is 0.0621 e. The van der Waals surface area contributed by atoms with Crippen molar-refractivity contribution in [3.63, 3.8) is 0 Å². The highest BCUT2D eigenvalue weighted by Crippen LogP contribution is 2.25. The Morgan fingerprint density at radius 3 is 2.73 bits per heavy atom. The van der Waals surface area contributed by atoms with E-state index in [1.807, 2.05) is 0 Å². The van der Waals surface area contributed by atoms with Crippen LogP contribution in [0.25, 0.3) is 0 Å². The highest BCUT2D eigenvalue weighted by Gasteiger charge is 2.26. The quantitative estimate of drug-likeness (QED) is 0.785. The molecule has 0 bridgehead atoms. The van der Waals surface area contributed by atoms with Gasteiger partial charge in [-0.15, -0.1) is 0 Å². The lowest BCUT2D eigenvalue weighted by atomic mass is 9.94. The van der Waals surface area contributed by atoms with Gasteiger partial charge in [0.1, 0.15) is 0 Å². The second-order valence-corrected chi connectivity index (χ2v) is 6.48. The van der Waals surface area contributed by atoms with Crippen LogP contribution in [0.3, 0.4) is 0 Å². The first-order valence-corrected chi connectivity index (χ1v) is 6.29. The normalized spacial score (nSPS) is 24.1. The molecule has 0 aromatic carbocycles. The van der Waals surface area contributed by atoms with Gasteiger partial charge in [-0.3, -0.25) is 4.90 Å². The molecule has 2 nitrogen and oxygen atoms in total. The second-order valence-electron chi connectivity index (χ2n) is 5.46. The molecule has 0 fully saturated rings. The Morgan fingerprint density at radius 1 is 1.53 bits per heavy atom. The Hall–Kier alpha value is 0.140. The van der Waals surface area contributed by atoms with Gasteiger partial charge in [-0.05, 0) is 11.8 Å². The van der Waals surface area contributed by atoms with E-state index in [1.54, 1.807) is 7.11 Å². The number of rotatable bonds is 3. The summed E-state index contributed by atoms with van der Waals surface area (Å²) in [7, 11) is 1.78.